The third-order valence-electron chi connectivity index (χ3n) is 2.78. The summed E-state index contributed by atoms with van der Waals surface area (Å²) in [5.74, 6) is 0. The lowest BCUT2D eigenvalue weighted by Crippen LogP contribution is -2.31. The van der Waals surface area contributed by atoms with Crippen LogP contribution < -0.4 is 5.32 Å². The molecule has 0 unspecified atom stereocenters. The molecule has 1 aromatic rings. The van der Waals surface area contributed by atoms with E-state index in [1.807, 2.05) is 23.9 Å². The molecule has 0 aliphatic rings. The second-order valence-corrected chi connectivity index (χ2v) is 8.51. The lowest BCUT2D eigenvalue weighted by molar-refractivity contribution is 0.590. The normalized spacial score (nSPS) is 12.7. The number of rotatable bonds is 6. The van der Waals surface area contributed by atoms with E-state index in [1.165, 1.54) is 6.26 Å². The monoisotopic (exact) mass is 287 g/mol. The molecule has 0 saturated carbocycles. The largest absolute Gasteiger partial charge is 0.311 e. The van der Waals surface area contributed by atoms with Crippen LogP contribution in [0.25, 0.3) is 0 Å². The van der Waals surface area contributed by atoms with E-state index in [4.69, 9.17) is 0 Å². The van der Waals surface area contributed by atoms with Crippen molar-refractivity contribution in [1.82, 2.24) is 5.32 Å². The topological polar surface area (TPSA) is 46.2 Å². The van der Waals surface area contributed by atoms with Gasteiger partial charge in [-0.05, 0) is 37.8 Å². The van der Waals surface area contributed by atoms with Gasteiger partial charge in [0.15, 0.2) is 9.84 Å². The van der Waals surface area contributed by atoms with Gasteiger partial charge in [0.2, 0.25) is 0 Å². The van der Waals surface area contributed by atoms with E-state index in [2.05, 4.69) is 25.4 Å². The van der Waals surface area contributed by atoms with Gasteiger partial charge in [-0.15, -0.1) is 0 Å². The van der Waals surface area contributed by atoms with Crippen LogP contribution in [0.1, 0.15) is 19.4 Å². The van der Waals surface area contributed by atoms with Gasteiger partial charge < -0.3 is 5.32 Å². The molecular formula is C13H21NO2S2. The number of hydrogen-bond acceptors (Lipinski definition) is 4. The zero-order chi connectivity index (χ0) is 13.8. The molecule has 0 aliphatic carbocycles. The Balaban J connectivity index is 2.55. The number of sulfone groups is 1. The van der Waals surface area contributed by atoms with Crippen molar-refractivity contribution in [3.05, 3.63) is 29.8 Å². The average molecular weight is 287 g/mol. The van der Waals surface area contributed by atoms with E-state index in [0.717, 1.165) is 18.7 Å². The summed E-state index contributed by atoms with van der Waals surface area (Å²) in [6.07, 6.45) is 3.32. The Bertz CT molecular complexity index is 478. The molecule has 102 valence electrons. The van der Waals surface area contributed by atoms with Gasteiger partial charge in [0.1, 0.15) is 0 Å². The van der Waals surface area contributed by atoms with Crippen molar-refractivity contribution < 1.29 is 8.42 Å². The number of benzene rings is 1. The Labute approximate surface area is 114 Å². The smallest absolute Gasteiger partial charge is 0.175 e. The molecule has 0 fully saturated rings. The lowest BCUT2D eigenvalue weighted by Gasteiger charge is -2.22. The molecule has 1 aromatic carbocycles. The number of hydrogen-bond donors (Lipinski definition) is 1. The summed E-state index contributed by atoms with van der Waals surface area (Å²) < 4.78 is 22.8. The maximum atomic E-state index is 11.3. The fourth-order valence-electron chi connectivity index (χ4n) is 1.43. The maximum Gasteiger partial charge on any atom is 0.175 e. The summed E-state index contributed by atoms with van der Waals surface area (Å²) in [5, 5.41) is 3.38. The molecule has 0 saturated heterocycles. The van der Waals surface area contributed by atoms with Crippen molar-refractivity contribution in [3.8, 4) is 0 Å². The molecule has 0 spiro atoms. The zero-order valence-corrected chi connectivity index (χ0v) is 13.0. The minimum Gasteiger partial charge on any atom is -0.311 e. The van der Waals surface area contributed by atoms with Gasteiger partial charge in [0.05, 0.1) is 4.90 Å². The Morgan fingerprint density at radius 3 is 2.22 bits per heavy atom. The molecule has 0 radical (unpaired) electrons. The van der Waals surface area contributed by atoms with E-state index in [0.29, 0.717) is 4.90 Å². The first kappa shape index (κ1) is 15.5. The first-order valence-electron chi connectivity index (χ1n) is 5.79. The quantitative estimate of drug-likeness (QED) is 0.872. The fraction of sp³-hybridized carbons (Fsp3) is 0.538. The highest BCUT2D eigenvalue weighted by molar-refractivity contribution is 7.99. The third kappa shape index (κ3) is 5.00. The fourth-order valence-corrected chi connectivity index (χ4v) is 2.31. The van der Waals surface area contributed by atoms with Gasteiger partial charge in [-0.25, -0.2) is 8.42 Å². The van der Waals surface area contributed by atoms with Crippen molar-refractivity contribution in [1.29, 1.82) is 0 Å². The molecule has 1 N–H and O–H groups in total. The van der Waals surface area contributed by atoms with Crippen molar-refractivity contribution in [3.63, 3.8) is 0 Å². The van der Waals surface area contributed by atoms with Gasteiger partial charge in [0.25, 0.3) is 0 Å². The van der Waals surface area contributed by atoms with Crippen LogP contribution in [0, 0.1) is 0 Å². The standard InChI is InChI=1S/C13H21NO2S2/c1-13(2,17-3)10-14-9-11-5-7-12(8-6-11)18(4,15)16/h5-8,14H,9-10H2,1-4H3. The highest BCUT2D eigenvalue weighted by atomic mass is 32.2. The first-order valence-corrected chi connectivity index (χ1v) is 8.91. The molecule has 0 aliphatic heterocycles. The van der Waals surface area contributed by atoms with Crippen LogP contribution in [0.3, 0.4) is 0 Å². The molecular weight excluding hydrogens is 266 g/mol. The van der Waals surface area contributed by atoms with E-state index >= 15 is 0 Å². The predicted octanol–water partition coefficient (Wildman–Crippen LogP) is 2.32. The molecule has 0 amide bonds. The second-order valence-electron chi connectivity index (χ2n) is 4.98. The van der Waals surface area contributed by atoms with E-state index in [9.17, 15) is 8.42 Å². The van der Waals surface area contributed by atoms with Gasteiger partial charge >= 0.3 is 0 Å². The van der Waals surface area contributed by atoms with Gasteiger partial charge in [-0.2, -0.15) is 11.8 Å². The van der Waals surface area contributed by atoms with Gasteiger partial charge in [-0.3, -0.25) is 0 Å². The lowest BCUT2D eigenvalue weighted by atomic mass is 10.2. The van der Waals surface area contributed by atoms with Crippen LogP contribution in [0.15, 0.2) is 29.2 Å². The van der Waals surface area contributed by atoms with Crippen molar-refractivity contribution in [2.75, 3.05) is 19.1 Å². The van der Waals surface area contributed by atoms with Crippen LogP contribution in [-0.2, 0) is 16.4 Å². The maximum absolute atomic E-state index is 11.3. The van der Waals surface area contributed by atoms with Crippen molar-refractivity contribution in [2.45, 2.75) is 30.0 Å². The molecule has 0 atom stereocenters. The van der Waals surface area contributed by atoms with Crippen LogP contribution in [0.4, 0.5) is 0 Å². The number of nitrogens with one attached hydrogen (secondary N) is 1. The Morgan fingerprint density at radius 2 is 1.78 bits per heavy atom. The molecule has 1 rings (SSSR count). The minimum absolute atomic E-state index is 0.215. The Hall–Kier alpha value is -0.520. The second kappa shape index (κ2) is 6.08. The van der Waals surface area contributed by atoms with E-state index in [1.54, 1.807) is 12.1 Å². The summed E-state index contributed by atoms with van der Waals surface area (Å²) >= 11 is 1.83. The summed E-state index contributed by atoms with van der Waals surface area (Å²) in [7, 11) is -3.09. The molecule has 0 heterocycles. The van der Waals surface area contributed by atoms with E-state index in [-0.39, 0.29) is 4.75 Å². The zero-order valence-electron chi connectivity index (χ0n) is 11.4. The SMILES string of the molecule is CSC(C)(C)CNCc1ccc(S(C)(=O)=O)cc1. The summed E-state index contributed by atoms with van der Waals surface area (Å²) in [5.41, 5.74) is 1.10. The van der Waals surface area contributed by atoms with Crippen LogP contribution >= 0.6 is 11.8 Å². The Morgan fingerprint density at radius 1 is 1.22 bits per heavy atom. The van der Waals surface area contributed by atoms with Crippen molar-refractivity contribution >= 4 is 21.6 Å². The first-order chi connectivity index (χ1) is 8.24. The Kier molecular flexibility index (Phi) is 5.25. The highest BCUT2D eigenvalue weighted by Crippen LogP contribution is 2.19. The molecule has 5 heteroatoms. The molecule has 0 bridgehead atoms. The van der Waals surface area contributed by atoms with Crippen LogP contribution in [0.2, 0.25) is 0 Å². The summed E-state index contributed by atoms with van der Waals surface area (Å²) in [6.45, 7) is 6.06. The average Bonchev–Trinajstić information content (AvgIpc) is 2.28. The van der Waals surface area contributed by atoms with Crippen LogP contribution in [-0.4, -0.2) is 32.2 Å². The summed E-state index contributed by atoms with van der Waals surface area (Å²) in [6, 6.07) is 7.03. The van der Waals surface area contributed by atoms with Gasteiger partial charge in [-0.1, -0.05) is 12.1 Å². The predicted molar refractivity (Wildman–Crippen MR) is 78.9 cm³/mol. The molecule has 18 heavy (non-hydrogen) atoms. The van der Waals surface area contributed by atoms with Crippen molar-refractivity contribution in [2.24, 2.45) is 0 Å². The van der Waals surface area contributed by atoms with Crippen LogP contribution in [0.5, 0.6) is 0 Å². The summed E-state index contributed by atoms with van der Waals surface area (Å²) in [4.78, 5) is 0.371. The molecule has 3 nitrogen and oxygen atoms in total. The van der Waals surface area contributed by atoms with E-state index < -0.39 is 9.84 Å². The highest BCUT2D eigenvalue weighted by Gasteiger charge is 2.14. The molecule has 0 aromatic heterocycles. The number of thioether (sulfide) groups is 1. The third-order valence-corrected chi connectivity index (χ3v) is 5.16. The minimum atomic E-state index is -3.09. The van der Waals surface area contributed by atoms with Gasteiger partial charge in [0, 0.05) is 24.1 Å².